The Bertz CT molecular complexity index is 1030. The minimum absolute atomic E-state index is 0.000618. The molecule has 0 saturated carbocycles. The second-order valence-electron chi connectivity index (χ2n) is 7.75. The van der Waals surface area contributed by atoms with E-state index in [1.54, 1.807) is 11.8 Å². The summed E-state index contributed by atoms with van der Waals surface area (Å²) in [5.74, 6) is -1.24. The van der Waals surface area contributed by atoms with Crippen LogP contribution in [0, 0.1) is 3.57 Å². The molecule has 0 radical (unpaired) electrons. The van der Waals surface area contributed by atoms with Crippen molar-refractivity contribution < 1.29 is 38.1 Å². The van der Waals surface area contributed by atoms with Gasteiger partial charge in [-0.1, -0.05) is 0 Å². The highest BCUT2D eigenvalue weighted by Gasteiger charge is 2.48. The summed E-state index contributed by atoms with van der Waals surface area (Å²) in [5.41, 5.74) is -0.795. The van der Waals surface area contributed by atoms with Gasteiger partial charge in [0.25, 0.3) is 0 Å². The number of hydrogen-bond acceptors (Lipinski definition) is 10. The zero-order valence-corrected chi connectivity index (χ0v) is 21.0. The van der Waals surface area contributed by atoms with Crippen molar-refractivity contribution in [1.29, 1.82) is 0 Å². The van der Waals surface area contributed by atoms with Crippen molar-refractivity contribution in [3.8, 4) is 0 Å². The Morgan fingerprint density at radius 3 is 2.50 bits per heavy atom. The highest BCUT2D eigenvalue weighted by molar-refractivity contribution is 14.1. The smallest absolute Gasteiger partial charge is 0.412 e. The van der Waals surface area contributed by atoms with Crippen molar-refractivity contribution in [2.75, 3.05) is 25.0 Å². The van der Waals surface area contributed by atoms with Gasteiger partial charge in [0.2, 0.25) is 5.91 Å². The van der Waals surface area contributed by atoms with Crippen LogP contribution in [-0.2, 0) is 33.3 Å². The first kappa shape index (κ1) is 25.9. The molecule has 2 amide bonds. The zero-order valence-electron chi connectivity index (χ0n) is 18.8. The van der Waals surface area contributed by atoms with Crippen LogP contribution in [0.3, 0.4) is 0 Å². The number of carbonyl (C=O) groups is 4. The lowest BCUT2D eigenvalue weighted by Gasteiger charge is -2.23. The summed E-state index contributed by atoms with van der Waals surface area (Å²) >= 11 is 1.86. The summed E-state index contributed by atoms with van der Waals surface area (Å²) < 4.78 is 22.9. The fraction of sp³-hybridized carbons (Fsp3) is 0.600. The number of halogens is 1. The first-order valence-electron chi connectivity index (χ1n) is 10.6. The molecule has 186 valence electrons. The number of hydrogen-bond donors (Lipinski definition) is 1. The van der Waals surface area contributed by atoms with Gasteiger partial charge in [0.15, 0.2) is 24.3 Å². The monoisotopic (exact) mass is 592 g/mol. The summed E-state index contributed by atoms with van der Waals surface area (Å²) in [6.45, 7) is 4.94. The van der Waals surface area contributed by atoms with E-state index in [1.165, 1.54) is 20.0 Å². The van der Waals surface area contributed by atoms with Crippen molar-refractivity contribution in [3.05, 3.63) is 20.3 Å². The Hall–Kier alpha value is -2.75. The lowest BCUT2D eigenvalue weighted by Crippen LogP contribution is -2.40. The summed E-state index contributed by atoms with van der Waals surface area (Å²) in [6.07, 6.45) is -1.95. The van der Waals surface area contributed by atoms with Crippen LogP contribution in [0.4, 0.5) is 10.6 Å². The van der Waals surface area contributed by atoms with Crippen LogP contribution < -0.4 is 11.0 Å². The molecular weight excluding hydrogens is 567 g/mol. The number of aromatic nitrogens is 2. The van der Waals surface area contributed by atoms with E-state index < -0.39 is 48.3 Å². The first-order chi connectivity index (χ1) is 16.1. The van der Waals surface area contributed by atoms with Gasteiger partial charge in [0.1, 0.15) is 6.61 Å². The van der Waals surface area contributed by atoms with E-state index >= 15 is 0 Å². The summed E-state index contributed by atoms with van der Waals surface area (Å²) in [4.78, 5) is 65.0. The highest BCUT2D eigenvalue weighted by atomic mass is 127. The molecule has 0 spiro atoms. The molecule has 2 aliphatic rings. The maximum Gasteiger partial charge on any atom is 0.412 e. The van der Waals surface area contributed by atoms with E-state index in [9.17, 15) is 24.0 Å². The molecule has 13 nitrogen and oxygen atoms in total. The van der Waals surface area contributed by atoms with Gasteiger partial charge < -0.3 is 23.8 Å². The van der Waals surface area contributed by atoms with Crippen LogP contribution >= 0.6 is 22.6 Å². The molecule has 34 heavy (non-hydrogen) atoms. The van der Waals surface area contributed by atoms with E-state index in [1.807, 2.05) is 22.6 Å². The number of anilines is 1. The third-order valence-electron chi connectivity index (χ3n) is 5.19. The largest absolute Gasteiger partial charge is 0.456 e. The standard InChI is InChI=1S/C20H25IN4O9/c1-10-15(33-11(2)26)16(34-12(3)27)18(32-10)25-9-13(21)17(22-19(25)29)23-20(30)31-8-7-24-6-4-5-14(24)28/h9-10,15-16,18H,4-8H2,1-3H3,(H,22,23,29,30)/t10-,15-,16-,18-/m1/s1. The number of nitrogens with one attached hydrogen (secondary N) is 1. The fourth-order valence-electron chi connectivity index (χ4n) is 3.74. The molecule has 3 rings (SSSR count). The molecule has 1 aromatic rings. The molecule has 0 aliphatic carbocycles. The van der Waals surface area contributed by atoms with Crippen LogP contribution in [0.2, 0.25) is 0 Å². The molecule has 2 saturated heterocycles. The van der Waals surface area contributed by atoms with E-state index in [4.69, 9.17) is 18.9 Å². The average Bonchev–Trinajstić information content (AvgIpc) is 3.27. The predicted molar refractivity (Wildman–Crippen MR) is 123 cm³/mol. The molecule has 14 heteroatoms. The molecule has 2 fully saturated rings. The van der Waals surface area contributed by atoms with Gasteiger partial charge in [-0.05, 0) is 35.9 Å². The topological polar surface area (TPSA) is 155 Å². The van der Waals surface area contributed by atoms with Gasteiger partial charge in [-0.2, -0.15) is 4.98 Å². The number of likely N-dealkylation sites (tertiary alicyclic amines) is 1. The first-order valence-corrected chi connectivity index (χ1v) is 11.6. The van der Waals surface area contributed by atoms with Crippen LogP contribution in [0.1, 0.15) is 39.8 Å². The molecule has 1 N–H and O–H groups in total. The van der Waals surface area contributed by atoms with Gasteiger partial charge in [0, 0.05) is 33.0 Å². The maximum atomic E-state index is 12.7. The van der Waals surface area contributed by atoms with Crippen LogP contribution in [0.5, 0.6) is 0 Å². The van der Waals surface area contributed by atoms with E-state index in [0.29, 0.717) is 16.5 Å². The van der Waals surface area contributed by atoms with Crippen molar-refractivity contribution in [2.45, 2.75) is 58.2 Å². The lowest BCUT2D eigenvalue weighted by molar-refractivity contribution is -0.165. The van der Waals surface area contributed by atoms with Crippen LogP contribution in [-0.4, -0.2) is 76.4 Å². The maximum absolute atomic E-state index is 12.7. The number of nitrogens with zero attached hydrogens (tertiary/aromatic N) is 3. The van der Waals surface area contributed by atoms with E-state index in [2.05, 4.69) is 10.3 Å². The Balaban J connectivity index is 1.70. The quantitative estimate of drug-likeness (QED) is 0.273. The predicted octanol–water partition coefficient (Wildman–Crippen LogP) is 0.799. The number of ether oxygens (including phenoxy) is 4. The molecule has 3 heterocycles. The highest BCUT2D eigenvalue weighted by Crippen LogP contribution is 2.33. The number of rotatable bonds is 7. The van der Waals surface area contributed by atoms with Gasteiger partial charge in [-0.15, -0.1) is 0 Å². The van der Waals surface area contributed by atoms with Gasteiger partial charge in [0.05, 0.1) is 16.2 Å². The molecule has 0 unspecified atom stereocenters. The minimum Gasteiger partial charge on any atom is -0.456 e. The van der Waals surface area contributed by atoms with E-state index in [0.717, 1.165) is 11.0 Å². The second kappa shape index (κ2) is 11.1. The Morgan fingerprint density at radius 2 is 1.88 bits per heavy atom. The Labute approximate surface area is 208 Å². The molecule has 4 atom stereocenters. The SMILES string of the molecule is CC(=O)O[C@@H]1[C@H](OC(C)=O)[C@@H](C)O[C@H]1n1cc(I)c(NC(=O)OCCN2CCCC2=O)nc1=O. The molecule has 0 bridgehead atoms. The lowest BCUT2D eigenvalue weighted by atomic mass is 10.1. The fourth-order valence-corrected chi connectivity index (χ4v) is 4.29. The third-order valence-corrected chi connectivity index (χ3v) is 5.98. The summed E-state index contributed by atoms with van der Waals surface area (Å²) in [7, 11) is 0. The van der Waals surface area contributed by atoms with Crippen molar-refractivity contribution >= 4 is 52.3 Å². The molecule has 0 aromatic carbocycles. The van der Waals surface area contributed by atoms with Gasteiger partial charge in [-0.25, -0.2) is 9.59 Å². The minimum atomic E-state index is -1.10. The molecule has 1 aromatic heterocycles. The van der Waals surface area contributed by atoms with Crippen molar-refractivity contribution in [1.82, 2.24) is 14.5 Å². The summed E-state index contributed by atoms with van der Waals surface area (Å²) in [5, 5.41) is 2.40. The Kier molecular flexibility index (Phi) is 8.46. The van der Waals surface area contributed by atoms with Gasteiger partial charge >= 0.3 is 23.7 Å². The normalized spacial score (nSPS) is 24.1. The second-order valence-corrected chi connectivity index (χ2v) is 8.91. The third kappa shape index (κ3) is 6.22. The van der Waals surface area contributed by atoms with E-state index in [-0.39, 0.29) is 24.9 Å². The Morgan fingerprint density at radius 1 is 1.21 bits per heavy atom. The van der Waals surface area contributed by atoms with Crippen LogP contribution in [0.15, 0.2) is 11.0 Å². The number of esters is 2. The summed E-state index contributed by atoms with van der Waals surface area (Å²) in [6, 6.07) is 0. The van der Waals surface area contributed by atoms with Crippen LogP contribution in [0.25, 0.3) is 0 Å². The van der Waals surface area contributed by atoms with Crippen molar-refractivity contribution in [2.24, 2.45) is 0 Å². The molecular formula is C20H25IN4O9. The zero-order chi connectivity index (χ0) is 25.0. The number of amides is 2. The van der Waals surface area contributed by atoms with Gasteiger partial charge in [-0.3, -0.25) is 24.3 Å². The molecule has 2 aliphatic heterocycles. The number of carbonyl (C=O) groups excluding carboxylic acids is 4. The van der Waals surface area contributed by atoms with Crippen molar-refractivity contribution in [3.63, 3.8) is 0 Å². The average molecular weight is 592 g/mol.